The summed E-state index contributed by atoms with van der Waals surface area (Å²) in [5.74, 6) is 0.175. The molecule has 1 aromatic heterocycles. The number of aromatic amines is 1. The van der Waals surface area contributed by atoms with E-state index < -0.39 is 17.7 Å². The number of nitrogens with one attached hydrogen (secondary N) is 1. The summed E-state index contributed by atoms with van der Waals surface area (Å²) >= 11 is 0. The second kappa shape index (κ2) is 10.2. The SMILES string of the molecule is COc1cccc(C2/C(=C(\O)c3ccc(OC)c(C(C)C)c3)C(=O)C(=O)N2c2nc3ccc(OC)cc3[nH]2)c1. The van der Waals surface area contributed by atoms with Crippen LogP contribution in [0.3, 0.4) is 0 Å². The van der Waals surface area contributed by atoms with Crippen LogP contribution >= 0.6 is 0 Å². The number of rotatable bonds is 7. The number of ketones is 1. The Kier molecular flexibility index (Phi) is 6.74. The summed E-state index contributed by atoms with van der Waals surface area (Å²) in [4.78, 5) is 36.1. The molecule has 1 fully saturated rings. The van der Waals surface area contributed by atoms with Gasteiger partial charge in [-0.25, -0.2) is 4.98 Å². The third-order valence-corrected chi connectivity index (χ3v) is 6.88. The van der Waals surface area contributed by atoms with Crippen LogP contribution in [0.5, 0.6) is 17.2 Å². The van der Waals surface area contributed by atoms with Gasteiger partial charge in [0.25, 0.3) is 5.78 Å². The molecule has 1 unspecified atom stereocenters. The van der Waals surface area contributed by atoms with Gasteiger partial charge in [-0.2, -0.15) is 0 Å². The molecule has 9 nitrogen and oxygen atoms in total. The van der Waals surface area contributed by atoms with Crippen molar-refractivity contribution in [3.8, 4) is 17.2 Å². The zero-order valence-electron chi connectivity index (χ0n) is 22.3. The summed E-state index contributed by atoms with van der Waals surface area (Å²) < 4.78 is 16.2. The van der Waals surface area contributed by atoms with Gasteiger partial charge in [-0.3, -0.25) is 14.5 Å². The van der Waals surface area contributed by atoms with Gasteiger partial charge >= 0.3 is 5.91 Å². The predicted molar refractivity (Wildman–Crippen MR) is 148 cm³/mol. The van der Waals surface area contributed by atoms with Crippen molar-refractivity contribution >= 4 is 34.4 Å². The minimum atomic E-state index is -0.966. The second-order valence-corrected chi connectivity index (χ2v) is 9.50. The summed E-state index contributed by atoms with van der Waals surface area (Å²) in [6.07, 6.45) is 0. The van der Waals surface area contributed by atoms with Gasteiger partial charge in [-0.05, 0) is 59.5 Å². The average Bonchev–Trinajstić information content (AvgIpc) is 3.49. The molecule has 200 valence electrons. The Bertz CT molecular complexity index is 1620. The number of aliphatic hydroxyl groups excluding tert-OH is 1. The van der Waals surface area contributed by atoms with Gasteiger partial charge in [0.05, 0.1) is 44.0 Å². The monoisotopic (exact) mass is 527 g/mol. The molecule has 3 aromatic carbocycles. The lowest BCUT2D eigenvalue weighted by Crippen LogP contribution is -2.30. The molecule has 0 bridgehead atoms. The normalized spacial score (nSPS) is 16.8. The highest BCUT2D eigenvalue weighted by molar-refractivity contribution is 6.51. The van der Waals surface area contributed by atoms with Crippen molar-refractivity contribution in [2.75, 3.05) is 26.2 Å². The highest BCUT2D eigenvalue weighted by atomic mass is 16.5. The molecule has 2 heterocycles. The van der Waals surface area contributed by atoms with Gasteiger partial charge < -0.3 is 24.3 Å². The van der Waals surface area contributed by atoms with Crippen LogP contribution in [-0.2, 0) is 9.59 Å². The molecular weight excluding hydrogens is 498 g/mol. The maximum absolute atomic E-state index is 13.6. The van der Waals surface area contributed by atoms with E-state index in [4.69, 9.17) is 14.2 Å². The number of aliphatic hydroxyl groups is 1. The van der Waals surface area contributed by atoms with Crippen molar-refractivity contribution in [1.82, 2.24) is 9.97 Å². The van der Waals surface area contributed by atoms with Gasteiger partial charge in [0.1, 0.15) is 23.0 Å². The van der Waals surface area contributed by atoms with Crippen LogP contribution in [0, 0.1) is 0 Å². The number of carbonyl (C=O) groups is 2. The third kappa shape index (κ3) is 4.46. The number of imidazole rings is 1. The highest BCUT2D eigenvalue weighted by Gasteiger charge is 2.48. The molecule has 1 saturated heterocycles. The summed E-state index contributed by atoms with van der Waals surface area (Å²) in [5, 5.41) is 11.6. The van der Waals surface area contributed by atoms with Crippen LogP contribution in [0.15, 0.2) is 66.2 Å². The van der Waals surface area contributed by atoms with Crippen molar-refractivity contribution in [3.63, 3.8) is 0 Å². The number of amides is 1. The molecule has 0 aliphatic carbocycles. The van der Waals surface area contributed by atoms with Gasteiger partial charge in [0.2, 0.25) is 5.95 Å². The number of Topliss-reactive ketones (excluding diaryl/α,β-unsaturated/α-hetero) is 1. The molecule has 1 aliphatic rings. The van der Waals surface area contributed by atoms with E-state index >= 15 is 0 Å². The number of nitrogens with zero attached hydrogens (tertiary/aromatic N) is 2. The summed E-state index contributed by atoms with van der Waals surface area (Å²) in [6, 6.07) is 16.5. The fraction of sp³-hybridized carbons (Fsp3) is 0.233. The lowest BCUT2D eigenvalue weighted by Gasteiger charge is -2.23. The minimum Gasteiger partial charge on any atom is -0.507 e. The molecule has 0 radical (unpaired) electrons. The second-order valence-electron chi connectivity index (χ2n) is 9.50. The van der Waals surface area contributed by atoms with Crippen molar-refractivity contribution in [2.45, 2.75) is 25.8 Å². The van der Waals surface area contributed by atoms with E-state index in [-0.39, 0.29) is 23.2 Å². The Hall–Kier alpha value is -4.79. The van der Waals surface area contributed by atoms with E-state index in [2.05, 4.69) is 9.97 Å². The summed E-state index contributed by atoms with van der Waals surface area (Å²) in [7, 11) is 4.68. The average molecular weight is 528 g/mol. The van der Waals surface area contributed by atoms with Crippen molar-refractivity contribution in [2.24, 2.45) is 0 Å². The molecule has 2 N–H and O–H groups in total. The number of carbonyl (C=O) groups excluding carboxylic acids is 2. The molecule has 39 heavy (non-hydrogen) atoms. The van der Waals surface area contributed by atoms with Gasteiger partial charge in [-0.1, -0.05) is 26.0 Å². The molecule has 0 saturated carbocycles. The molecule has 1 aliphatic heterocycles. The standard InChI is InChI=1S/C30H29N3O6/c1-16(2)21-14-18(9-12-24(21)39-5)27(34)25-26(17-7-6-8-19(13-17)37-3)33(29(36)28(25)35)30-31-22-11-10-20(38-4)15-23(22)32-30/h6-16,26,34H,1-5H3,(H,31,32)/b27-25+. The van der Waals surface area contributed by atoms with Crippen LogP contribution in [0.25, 0.3) is 16.8 Å². The largest absolute Gasteiger partial charge is 0.507 e. The predicted octanol–water partition coefficient (Wildman–Crippen LogP) is 5.34. The maximum atomic E-state index is 13.6. The lowest BCUT2D eigenvalue weighted by molar-refractivity contribution is -0.132. The van der Waals surface area contributed by atoms with Gasteiger partial charge in [0.15, 0.2) is 0 Å². The van der Waals surface area contributed by atoms with Gasteiger partial charge in [-0.15, -0.1) is 0 Å². The number of ether oxygens (including phenoxy) is 3. The Morgan fingerprint density at radius 2 is 1.69 bits per heavy atom. The molecule has 4 aromatic rings. The van der Waals surface area contributed by atoms with Crippen LogP contribution in [0.1, 0.15) is 42.5 Å². The zero-order valence-corrected chi connectivity index (χ0v) is 22.3. The first-order valence-corrected chi connectivity index (χ1v) is 12.4. The summed E-state index contributed by atoms with van der Waals surface area (Å²) in [5.41, 5.74) is 3.01. The Morgan fingerprint density at radius 1 is 0.949 bits per heavy atom. The van der Waals surface area contributed by atoms with E-state index in [0.29, 0.717) is 39.4 Å². The number of hydrogen-bond donors (Lipinski definition) is 2. The van der Waals surface area contributed by atoms with E-state index in [9.17, 15) is 14.7 Å². The first kappa shape index (κ1) is 25.8. The van der Waals surface area contributed by atoms with Crippen LogP contribution in [-0.4, -0.2) is 48.1 Å². The highest BCUT2D eigenvalue weighted by Crippen LogP contribution is 2.43. The minimum absolute atomic E-state index is 0.0498. The quantitative estimate of drug-likeness (QED) is 0.189. The smallest absolute Gasteiger partial charge is 0.302 e. The van der Waals surface area contributed by atoms with E-state index in [1.807, 2.05) is 13.8 Å². The summed E-state index contributed by atoms with van der Waals surface area (Å²) in [6.45, 7) is 4.01. The van der Waals surface area contributed by atoms with Crippen LogP contribution < -0.4 is 19.1 Å². The number of hydrogen-bond acceptors (Lipinski definition) is 7. The van der Waals surface area contributed by atoms with Crippen LogP contribution in [0.2, 0.25) is 0 Å². The molecular formula is C30H29N3O6. The zero-order chi connectivity index (χ0) is 27.8. The Morgan fingerprint density at radius 3 is 2.38 bits per heavy atom. The number of H-pyrrole nitrogens is 1. The Labute approximate surface area is 225 Å². The van der Waals surface area contributed by atoms with Crippen molar-refractivity contribution in [3.05, 3.63) is 82.9 Å². The van der Waals surface area contributed by atoms with Crippen molar-refractivity contribution in [1.29, 1.82) is 0 Å². The number of aromatic nitrogens is 2. The fourth-order valence-corrected chi connectivity index (χ4v) is 4.88. The number of anilines is 1. The van der Waals surface area contributed by atoms with Gasteiger partial charge in [0, 0.05) is 11.6 Å². The van der Waals surface area contributed by atoms with E-state index in [0.717, 1.165) is 5.56 Å². The Balaban J connectivity index is 1.73. The van der Waals surface area contributed by atoms with E-state index in [1.165, 1.54) is 12.0 Å². The molecule has 9 heteroatoms. The number of benzene rings is 3. The number of methoxy groups -OCH3 is 3. The lowest BCUT2D eigenvalue weighted by atomic mass is 9.93. The molecule has 5 rings (SSSR count). The topological polar surface area (TPSA) is 114 Å². The fourth-order valence-electron chi connectivity index (χ4n) is 4.88. The molecule has 1 atom stereocenters. The molecule has 1 amide bonds. The first-order chi connectivity index (χ1) is 18.8. The number of fused-ring (bicyclic) bond motifs is 1. The third-order valence-electron chi connectivity index (χ3n) is 6.88. The molecule has 0 spiro atoms. The first-order valence-electron chi connectivity index (χ1n) is 12.4. The van der Waals surface area contributed by atoms with Crippen LogP contribution in [0.4, 0.5) is 5.95 Å². The maximum Gasteiger partial charge on any atom is 0.302 e. The van der Waals surface area contributed by atoms with E-state index in [1.54, 1.807) is 74.9 Å². The van der Waals surface area contributed by atoms with Crippen molar-refractivity contribution < 1.29 is 28.9 Å².